The molecule has 0 aliphatic heterocycles. The molecule has 0 aliphatic carbocycles. The van der Waals surface area contributed by atoms with Gasteiger partial charge in [-0.25, -0.2) is 4.79 Å². The minimum absolute atomic E-state index is 0.325. The molecule has 2 N–H and O–H groups in total. The number of carboxylic acids is 1. The van der Waals surface area contributed by atoms with Crippen LogP contribution in [0.15, 0.2) is 24.3 Å². The summed E-state index contributed by atoms with van der Waals surface area (Å²) in [6.07, 6.45) is 0.649. The molecule has 4 nitrogen and oxygen atoms in total. The number of benzene rings is 1. The van der Waals surface area contributed by atoms with E-state index in [4.69, 9.17) is 11.6 Å². The molecule has 1 rings (SSSR count). The summed E-state index contributed by atoms with van der Waals surface area (Å²) in [5.74, 6) is -1.45. The zero-order valence-corrected chi connectivity index (χ0v) is 11.1. The van der Waals surface area contributed by atoms with Gasteiger partial charge in [0, 0.05) is 10.6 Å². The Hall–Kier alpha value is -1.55. The number of hydrogen-bond acceptors (Lipinski definition) is 2. The van der Waals surface area contributed by atoms with Crippen molar-refractivity contribution >= 4 is 23.5 Å². The van der Waals surface area contributed by atoms with Gasteiger partial charge in [0.05, 0.1) is 0 Å². The molecule has 98 valence electrons. The van der Waals surface area contributed by atoms with Crippen LogP contribution in [0.25, 0.3) is 0 Å². The second kappa shape index (κ2) is 5.87. The van der Waals surface area contributed by atoms with Crippen LogP contribution in [0.1, 0.15) is 37.0 Å². The van der Waals surface area contributed by atoms with Crippen molar-refractivity contribution < 1.29 is 14.7 Å². The van der Waals surface area contributed by atoms with Crippen LogP contribution in [0.5, 0.6) is 0 Å². The summed E-state index contributed by atoms with van der Waals surface area (Å²) in [7, 11) is 0. The number of nitrogens with one attached hydrogen (secondary N) is 1. The number of hydrogen-bond donors (Lipinski definition) is 2. The molecule has 18 heavy (non-hydrogen) atoms. The second-order valence-electron chi connectivity index (χ2n) is 4.06. The largest absolute Gasteiger partial charge is 0.480 e. The Balaban J connectivity index is 2.95. The Labute approximate surface area is 111 Å². The number of carbonyl (C=O) groups excluding carboxylic acids is 1. The van der Waals surface area contributed by atoms with E-state index in [1.807, 2.05) is 0 Å². The molecule has 0 saturated heterocycles. The molecule has 1 aromatic rings. The Morgan fingerprint density at radius 1 is 1.33 bits per heavy atom. The van der Waals surface area contributed by atoms with Crippen molar-refractivity contribution in [1.29, 1.82) is 0 Å². The van der Waals surface area contributed by atoms with Gasteiger partial charge in [0.1, 0.15) is 5.54 Å². The molecular weight excluding hydrogens is 254 g/mol. The summed E-state index contributed by atoms with van der Waals surface area (Å²) >= 11 is 5.79. The Morgan fingerprint density at radius 3 is 2.39 bits per heavy atom. The van der Waals surface area contributed by atoms with E-state index in [-0.39, 0.29) is 0 Å². The van der Waals surface area contributed by atoms with E-state index in [9.17, 15) is 14.7 Å². The fourth-order valence-corrected chi connectivity index (χ4v) is 1.89. The van der Waals surface area contributed by atoms with Gasteiger partial charge in [-0.3, -0.25) is 4.79 Å². The third kappa shape index (κ3) is 3.01. The Morgan fingerprint density at radius 2 is 1.94 bits per heavy atom. The summed E-state index contributed by atoms with van der Waals surface area (Å²) < 4.78 is 0. The van der Waals surface area contributed by atoms with Gasteiger partial charge in [-0.05, 0) is 31.0 Å². The smallest absolute Gasteiger partial charge is 0.329 e. The van der Waals surface area contributed by atoms with E-state index in [2.05, 4.69) is 5.32 Å². The van der Waals surface area contributed by atoms with Crippen LogP contribution >= 0.6 is 11.6 Å². The van der Waals surface area contributed by atoms with Gasteiger partial charge >= 0.3 is 5.97 Å². The van der Waals surface area contributed by atoms with Crippen molar-refractivity contribution in [3.05, 3.63) is 34.9 Å². The lowest BCUT2D eigenvalue weighted by Crippen LogP contribution is -2.53. The van der Waals surface area contributed by atoms with Gasteiger partial charge in [-0.15, -0.1) is 0 Å². The predicted molar refractivity (Wildman–Crippen MR) is 69.9 cm³/mol. The summed E-state index contributed by atoms with van der Waals surface area (Å²) in [6.45, 7) is 3.46. The summed E-state index contributed by atoms with van der Waals surface area (Å²) in [5, 5.41) is 12.3. The minimum Gasteiger partial charge on any atom is -0.480 e. The topological polar surface area (TPSA) is 66.4 Å². The first kappa shape index (κ1) is 14.5. The molecule has 0 heterocycles. The molecule has 5 heteroatoms. The van der Waals surface area contributed by atoms with Gasteiger partial charge in [-0.2, -0.15) is 0 Å². The molecule has 0 aromatic heterocycles. The van der Waals surface area contributed by atoms with Crippen LogP contribution in [-0.4, -0.2) is 22.5 Å². The number of carbonyl (C=O) groups is 2. The maximum absolute atomic E-state index is 12.0. The van der Waals surface area contributed by atoms with E-state index in [1.165, 1.54) is 6.07 Å². The normalized spacial score (nSPS) is 11.1. The van der Waals surface area contributed by atoms with E-state index in [1.54, 1.807) is 32.0 Å². The third-order valence-corrected chi connectivity index (χ3v) is 3.29. The number of rotatable bonds is 5. The van der Waals surface area contributed by atoms with E-state index < -0.39 is 17.4 Å². The summed E-state index contributed by atoms with van der Waals surface area (Å²) in [5.41, 5.74) is -0.866. The molecular formula is C13H16ClNO3. The van der Waals surface area contributed by atoms with Gasteiger partial charge in [0.2, 0.25) is 0 Å². The van der Waals surface area contributed by atoms with Crippen LogP contribution in [-0.2, 0) is 4.79 Å². The molecule has 0 fully saturated rings. The highest BCUT2D eigenvalue weighted by molar-refractivity contribution is 6.31. The minimum atomic E-state index is -1.22. The first-order valence-corrected chi connectivity index (χ1v) is 6.14. The molecule has 0 saturated carbocycles. The first-order chi connectivity index (χ1) is 8.45. The molecule has 1 amide bonds. The third-order valence-electron chi connectivity index (χ3n) is 3.06. The molecule has 0 spiro atoms. The van der Waals surface area contributed by atoms with Crippen molar-refractivity contribution in [2.24, 2.45) is 0 Å². The molecule has 1 aromatic carbocycles. The summed E-state index contributed by atoms with van der Waals surface area (Å²) in [4.78, 5) is 23.3. The summed E-state index contributed by atoms with van der Waals surface area (Å²) in [6, 6.07) is 6.41. The lowest BCUT2D eigenvalue weighted by atomic mass is 9.92. The van der Waals surface area contributed by atoms with Crippen LogP contribution in [0, 0.1) is 0 Å². The SMILES string of the molecule is CCC(CC)(NC(=O)c1cccc(Cl)c1)C(=O)O. The highest BCUT2D eigenvalue weighted by Crippen LogP contribution is 2.17. The Kier molecular flexibility index (Phi) is 4.73. The number of carboxylic acid groups (broad SMARTS) is 1. The fraction of sp³-hybridized carbons (Fsp3) is 0.385. The highest BCUT2D eigenvalue weighted by atomic mass is 35.5. The second-order valence-corrected chi connectivity index (χ2v) is 4.50. The van der Waals surface area contributed by atoms with Crippen LogP contribution < -0.4 is 5.32 Å². The van der Waals surface area contributed by atoms with Gasteiger partial charge in [0.25, 0.3) is 5.91 Å². The van der Waals surface area contributed by atoms with Crippen LogP contribution in [0.2, 0.25) is 5.02 Å². The van der Waals surface area contributed by atoms with Gasteiger partial charge in [0.15, 0.2) is 0 Å². The molecule has 0 bridgehead atoms. The van der Waals surface area contributed by atoms with Crippen LogP contribution in [0.4, 0.5) is 0 Å². The molecule has 0 unspecified atom stereocenters. The quantitative estimate of drug-likeness (QED) is 0.864. The van der Waals surface area contributed by atoms with E-state index in [0.29, 0.717) is 23.4 Å². The van der Waals surface area contributed by atoms with Crippen molar-refractivity contribution in [2.75, 3.05) is 0 Å². The van der Waals surface area contributed by atoms with Crippen molar-refractivity contribution in [2.45, 2.75) is 32.2 Å². The average molecular weight is 270 g/mol. The molecule has 0 atom stereocenters. The lowest BCUT2D eigenvalue weighted by Gasteiger charge is -2.28. The predicted octanol–water partition coefficient (Wildman–Crippen LogP) is 2.71. The molecule has 0 radical (unpaired) electrons. The van der Waals surface area contributed by atoms with Crippen molar-refractivity contribution in [1.82, 2.24) is 5.32 Å². The monoisotopic (exact) mass is 269 g/mol. The standard InChI is InChI=1S/C13H16ClNO3/c1-3-13(4-2,12(17)18)15-11(16)9-6-5-7-10(14)8-9/h5-8H,3-4H2,1-2H3,(H,15,16)(H,17,18). The lowest BCUT2D eigenvalue weighted by molar-refractivity contribution is -0.144. The number of amides is 1. The maximum atomic E-state index is 12.0. The fourth-order valence-electron chi connectivity index (χ4n) is 1.70. The van der Waals surface area contributed by atoms with Gasteiger partial charge in [-0.1, -0.05) is 31.5 Å². The van der Waals surface area contributed by atoms with E-state index in [0.717, 1.165) is 0 Å². The number of aliphatic carboxylic acids is 1. The number of halogens is 1. The van der Waals surface area contributed by atoms with Gasteiger partial charge < -0.3 is 10.4 Å². The van der Waals surface area contributed by atoms with Crippen molar-refractivity contribution in [3.63, 3.8) is 0 Å². The first-order valence-electron chi connectivity index (χ1n) is 5.76. The zero-order valence-electron chi connectivity index (χ0n) is 10.4. The van der Waals surface area contributed by atoms with E-state index >= 15 is 0 Å². The zero-order chi connectivity index (χ0) is 13.8. The average Bonchev–Trinajstić information content (AvgIpc) is 2.35. The Bertz CT molecular complexity index is 455. The van der Waals surface area contributed by atoms with Crippen molar-refractivity contribution in [3.8, 4) is 0 Å². The highest BCUT2D eigenvalue weighted by Gasteiger charge is 2.36. The maximum Gasteiger partial charge on any atom is 0.329 e. The van der Waals surface area contributed by atoms with Crippen LogP contribution in [0.3, 0.4) is 0 Å². The molecule has 0 aliphatic rings.